The van der Waals surface area contributed by atoms with Crippen molar-refractivity contribution in [2.45, 2.75) is 25.9 Å². The molecule has 0 aromatic heterocycles. The molecule has 0 saturated heterocycles. The Bertz CT molecular complexity index is 748. The van der Waals surface area contributed by atoms with Crippen molar-refractivity contribution < 1.29 is 14.3 Å². The van der Waals surface area contributed by atoms with E-state index in [1.807, 2.05) is 18.2 Å². The van der Waals surface area contributed by atoms with Gasteiger partial charge in [0.1, 0.15) is 0 Å². The second-order valence-corrected chi connectivity index (χ2v) is 6.58. The average molecular weight is 354 g/mol. The van der Waals surface area contributed by atoms with Gasteiger partial charge in [0.05, 0.1) is 7.11 Å². The van der Waals surface area contributed by atoms with Gasteiger partial charge in [0.15, 0.2) is 18.1 Å². The number of nitrogens with one attached hydrogen (secondary N) is 1. The third-order valence-corrected chi connectivity index (χ3v) is 4.81. The van der Waals surface area contributed by atoms with E-state index in [4.69, 9.17) is 9.47 Å². The lowest BCUT2D eigenvalue weighted by molar-refractivity contribution is -0.123. The summed E-state index contributed by atoms with van der Waals surface area (Å²) in [5.41, 5.74) is 2.82. The van der Waals surface area contributed by atoms with Gasteiger partial charge < -0.3 is 14.8 Å². The molecule has 0 fully saturated rings. The first-order valence-corrected chi connectivity index (χ1v) is 9.00. The Hall–Kier alpha value is -2.53. The van der Waals surface area contributed by atoms with Crippen molar-refractivity contribution >= 4 is 5.91 Å². The molecule has 1 atom stereocenters. The third kappa shape index (κ3) is 4.55. The summed E-state index contributed by atoms with van der Waals surface area (Å²) in [5.74, 6) is 1.08. The van der Waals surface area contributed by atoms with Crippen molar-refractivity contribution in [1.29, 1.82) is 0 Å². The van der Waals surface area contributed by atoms with Crippen LogP contribution >= 0.6 is 0 Å². The molecule has 1 unspecified atom stereocenters. The molecule has 26 heavy (non-hydrogen) atoms. The van der Waals surface area contributed by atoms with Crippen LogP contribution < -0.4 is 14.8 Å². The van der Waals surface area contributed by atoms with Gasteiger partial charge in [-0.25, -0.2) is 0 Å². The Morgan fingerprint density at radius 3 is 2.58 bits per heavy atom. The Morgan fingerprint density at radius 2 is 1.81 bits per heavy atom. The third-order valence-electron chi connectivity index (χ3n) is 4.81. The van der Waals surface area contributed by atoms with Gasteiger partial charge in [-0.1, -0.05) is 36.4 Å². The summed E-state index contributed by atoms with van der Waals surface area (Å²) >= 11 is 0. The van der Waals surface area contributed by atoms with Gasteiger partial charge in [0.25, 0.3) is 5.91 Å². The molecule has 0 radical (unpaired) electrons. The predicted molar refractivity (Wildman–Crippen MR) is 102 cm³/mol. The molecular weight excluding hydrogens is 328 g/mol. The highest BCUT2D eigenvalue weighted by Gasteiger charge is 2.20. The molecule has 138 valence electrons. The highest BCUT2D eigenvalue weighted by Crippen LogP contribution is 2.25. The molecule has 0 aliphatic carbocycles. The zero-order chi connectivity index (χ0) is 18.4. The minimum absolute atomic E-state index is 0.0179. The number of para-hydroxylation sites is 2. The van der Waals surface area contributed by atoms with E-state index in [2.05, 4.69) is 41.4 Å². The molecular formula is C21H26N2O3. The molecule has 0 spiro atoms. The molecule has 0 bridgehead atoms. The van der Waals surface area contributed by atoms with Crippen LogP contribution in [0.15, 0.2) is 48.5 Å². The summed E-state index contributed by atoms with van der Waals surface area (Å²) < 4.78 is 10.8. The second-order valence-electron chi connectivity index (χ2n) is 6.58. The largest absolute Gasteiger partial charge is 0.493 e. The van der Waals surface area contributed by atoms with Gasteiger partial charge in [-0.05, 0) is 36.6 Å². The lowest BCUT2D eigenvalue weighted by atomic mass is 9.99. The number of carbonyl (C=O) groups excluding carboxylic acids is 1. The van der Waals surface area contributed by atoms with E-state index in [0.717, 1.165) is 19.5 Å². The molecule has 1 aliphatic heterocycles. The Balaban J connectivity index is 1.44. The molecule has 3 rings (SSSR count). The summed E-state index contributed by atoms with van der Waals surface area (Å²) in [6.45, 7) is 4.69. The van der Waals surface area contributed by atoms with Crippen LogP contribution in [0.25, 0.3) is 0 Å². The number of rotatable bonds is 7. The molecule has 1 N–H and O–H groups in total. The Morgan fingerprint density at radius 1 is 1.12 bits per heavy atom. The zero-order valence-electron chi connectivity index (χ0n) is 15.4. The lowest BCUT2D eigenvalue weighted by Crippen LogP contribution is -2.45. The van der Waals surface area contributed by atoms with Crippen LogP contribution in [0.2, 0.25) is 0 Å². The number of nitrogens with zero attached hydrogens (tertiary/aromatic N) is 1. The monoisotopic (exact) mass is 354 g/mol. The highest BCUT2D eigenvalue weighted by molar-refractivity contribution is 5.77. The normalized spacial score (nSPS) is 15.0. The minimum Gasteiger partial charge on any atom is -0.493 e. The number of benzene rings is 2. The van der Waals surface area contributed by atoms with Crippen LogP contribution in [-0.4, -0.2) is 43.7 Å². The van der Waals surface area contributed by atoms with Gasteiger partial charge >= 0.3 is 0 Å². The first kappa shape index (κ1) is 18.3. The average Bonchev–Trinajstić information content (AvgIpc) is 2.70. The lowest BCUT2D eigenvalue weighted by Gasteiger charge is -2.33. The number of hydrogen-bond donors (Lipinski definition) is 1. The van der Waals surface area contributed by atoms with Crippen LogP contribution in [0, 0.1) is 0 Å². The van der Waals surface area contributed by atoms with E-state index in [9.17, 15) is 4.79 Å². The number of amides is 1. The maximum absolute atomic E-state index is 12.1. The van der Waals surface area contributed by atoms with Crippen LogP contribution in [0.3, 0.4) is 0 Å². The molecule has 2 aromatic carbocycles. The quantitative estimate of drug-likeness (QED) is 0.830. The summed E-state index contributed by atoms with van der Waals surface area (Å²) in [6, 6.07) is 16.2. The Kier molecular flexibility index (Phi) is 6.12. The van der Waals surface area contributed by atoms with Crippen molar-refractivity contribution in [3.8, 4) is 11.5 Å². The van der Waals surface area contributed by atoms with Crippen LogP contribution in [0.4, 0.5) is 0 Å². The minimum atomic E-state index is -0.125. The van der Waals surface area contributed by atoms with Crippen molar-refractivity contribution in [3.63, 3.8) is 0 Å². The van der Waals surface area contributed by atoms with Gasteiger partial charge in [-0.2, -0.15) is 0 Å². The summed E-state index contributed by atoms with van der Waals surface area (Å²) in [4.78, 5) is 14.5. The first-order valence-electron chi connectivity index (χ1n) is 9.00. The summed E-state index contributed by atoms with van der Waals surface area (Å²) in [6.07, 6.45) is 1.06. The van der Waals surface area contributed by atoms with Crippen molar-refractivity contribution in [3.05, 3.63) is 59.7 Å². The number of methoxy groups -OCH3 is 1. The molecule has 0 saturated carbocycles. The molecule has 1 heterocycles. The maximum Gasteiger partial charge on any atom is 0.257 e. The number of carbonyl (C=O) groups is 1. The van der Waals surface area contributed by atoms with E-state index in [1.54, 1.807) is 13.2 Å². The highest BCUT2D eigenvalue weighted by atomic mass is 16.5. The zero-order valence-corrected chi connectivity index (χ0v) is 15.4. The van der Waals surface area contributed by atoms with Crippen LogP contribution in [0.1, 0.15) is 18.1 Å². The van der Waals surface area contributed by atoms with Gasteiger partial charge in [-0.3, -0.25) is 9.69 Å². The molecule has 1 aliphatic rings. The van der Waals surface area contributed by atoms with Crippen LogP contribution in [0.5, 0.6) is 11.5 Å². The predicted octanol–water partition coefficient (Wildman–Crippen LogP) is 2.64. The van der Waals surface area contributed by atoms with Gasteiger partial charge in [0.2, 0.25) is 0 Å². The standard InChI is InChI=1S/C21H26N2O3/c1-16(23-12-11-17-7-3-4-8-18(17)14-23)13-22-21(24)15-26-20-10-6-5-9-19(20)25-2/h3-10,16H,11-15H2,1-2H3,(H,22,24). The second kappa shape index (κ2) is 8.72. The fraction of sp³-hybridized carbons (Fsp3) is 0.381. The van der Waals surface area contributed by atoms with E-state index < -0.39 is 0 Å². The van der Waals surface area contributed by atoms with E-state index >= 15 is 0 Å². The molecule has 1 amide bonds. The first-order chi connectivity index (χ1) is 12.7. The summed E-state index contributed by atoms with van der Waals surface area (Å²) in [7, 11) is 1.58. The van der Waals surface area contributed by atoms with Crippen molar-refractivity contribution in [2.24, 2.45) is 0 Å². The summed E-state index contributed by atoms with van der Waals surface area (Å²) in [5, 5.41) is 2.97. The Labute approximate surface area is 154 Å². The van der Waals surface area contributed by atoms with Crippen LogP contribution in [-0.2, 0) is 17.8 Å². The van der Waals surface area contributed by atoms with E-state index in [-0.39, 0.29) is 18.6 Å². The van der Waals surface area contributed by atoms with E-state index in [1.165, 1.54) is 11.1 Å². The number of ether oxygens (including phenoxy) is 2. The van der Waals surface area contributed by atoms with Crippen molar-refractivity contribution in [1.82, 2.24) is 10.2 Å². The maximum atomic E-state index is 12.1. The number of fused-ring (bicyclic) bond motifs is 1. The fourth-order valence-corrected chi connectivity index (χ4v) is 3.22. The topological polar surface area (TPSA) is 50.8 Å². The SMILES string of the molecule is COc1ccccc1OCC(=O)NCC(C)N1CCc2ccccc2C1. The molecule has 2 aromatic rings. The van der Waals surface area contributed by atoms with Gasteiger partial charge in [0, 0.05) is 25.7 Å². The van der Waals surface area contributed by atoms with Gasteiger partial charge in [-0.15, -0.1) is 0 Å². The molecule has 5 nitrogen and oxygen atoms in total. The molecule has 5 heteroatoms. The number of hydrogen-bond acceptors (Lipinski definition) is 4. The fourth-order valence-electron chi connectivity index (χ4n) is 3.22. The van der Waals surface area contributed by atoms with E-state index in [0.29, 0.717) is 18.0 Å². The smallest absolute Gasteiger partial charge is 0.257 e. The van der Waals surface area contributed by atoms with Crippen molar-refractivity contribution in [2.75, 3.05) is 26.8 Å².